The third kappa shape index (κ3) is 1.84. The van der Waals surface area contributed by atoms with Gasteiger partial charge in [-0.2, -0.15) is 9.78 Å². The van der Waals surface area contributed by atoms with Gasteiger partial charge >= 0.3 is 5.97 Å². The Morgan fingerprint density at radius 2 is 1.95 bits per heavy atom. The van der Waals surface area contributed by atoms with E-state index in [1.807, 2.05) is 24.3 Å². The minimum absolute atomic E-state index is 0.181. The van der Waals surface area contributed by atoms with Crippen LogP contribution in [-0.4, -0.2) is 20.9 Å². The molecule has 6 heteroatoms. The number of fused-ring (bicyclic) bond motifs is 1. The van der Waals surface area contributed by atoms with Crippen LogP contribution in [0, 0.1) is 13.8 Å². The zero-order valence-corrected chi connectivity index (χ0v) is 12.4. The van der Waals surface area contributed by atoms with Gasteiger partial charge < -0.3 is 9.52 Å². The summed E-state index contributed by atoms with van der Waals surface area (Å²) < 4.78 is 8.19. The molecule has 0 spiro atoms. The molecular weight excluding hydrogens is 324 g/mol. The van der Waals surface area contributed by atoms with Gasteiger partial charge in [0, 0.05) is 4.47 Å². The number of carbonyl (C=O) groups is 1. The summed E-state index contributed by atoms with van der Waals surface area (Å²) in [6, 6.07) is 7.56. The number of carboxylic acids is 1. The smallest absolute Gasteiger partial charge is 0.340 e. The summed E-state index contributed by atoms with van der Waals surface area (Å²) in [5.74, 6) is -0.612. The number of aromatic carboxylic acids is 1. The largest absolute Gasteiger partial charge is 0.478 e. The van der Waals surface area contributed by atoms with E-state index in [-0.39, 0.29) is 5.56 Å². The average molecular weight is 335 g/mol. The van der Waals surface area contributed by atoms with Crippen molar-refractivity contribution in [2.75, 3.05) is 0 Å². The molecule has 0 saturated heterocycles. The number of rotatable bonds is 2. The molecule has 0 amide bonds. The normalized spacial score (nSPS) is 11.2. The van der Waals surface area contributed by atoms with Gasteiger partial charge in [0.15, 0.2) is 0 Å². The van der Waals surface area contributed by atoms with Crippen LogP contribution in [0.4, 0.5) is 0 Å². The molecule has 0 atom stereocenters. The van der Waals surface area contributed by atoms with E-state index in [4.69, 9.17) is 4.42 Å². The van der Waals surface area contributed by atoms with E-state index in [1.165, 1.54) is 0 Å². The minimum Gasteiger partial charge on any atom is -0.478 e. The molecule has 3 rings (SSSR count). The summed E-state index contributed by atoms with van der Waals surface area (Å²) >= 11 is 3.38. The molecule has 2 heterocycles. The molecule has 0 bridgehead atoms. The Morgan fingerprint density at radius 3 is 2.55 bits per heavy atom. The van der Waals surface area contributed by atoms with E-state index in [0.29, 0.717) is 22.6 Å². The molecule has 0 aliphatic rings. The van der Waals surface area contributed by atoms with Crippen LogP contribution in [0.1, 0.15) is 21.8 Å². The van der Waals surface area contributed by atoms with E-state index >= 15 is 0 Å². The molecule has 0 fully saturated rings. The van der Waals surface area contributed by atoms with Crippen LogP contribution in [-0.2, 0) is 0 Å². The van der Waals surface area contributed by atoms with Crippen LogP contribution in [0.5, 0.6) is 0 Å². The topological polar surface area (TPSA) is 68.3 Å². The number of aryl methyl sites for hydroxylation is 2. The highest BCUT2D eigenvalue weighted by atomic mass is 79.9. The molecule has 102 valence electrons. The maximum absolute atomic E-state index is 11.3. The zero-order chi connectivity index (χ0) is 14.4. The number of nitrogens with zero attached hydrogens (tertiary/aromatic N) is 2. The summed E-state index contributed by atoms with van der Waals surface area (Å²) in [5.41, 5.74) is 2.09. The van der Waals surface area contributed by atoms with Gasteiger partial charge in [-0.25, -0.2) is 4.79 Å². The summed E-state index contributed by atoms with van der Waals surface area (Å²) in [4.78, 5) is 11.3. The van der Waals surface area contributed by atoms with Crippen LogP contribution in [0.3, 0.4) is 0 Å². The van der Waals surface area contributed by atoms with Crippen LogP contribution < -0.4 is 0 Å². The lowest BCUT2D eigenvalue weighted by molar-refractivity contribution is 0.0697. The van der Waals surface area contributed by atoms with Gasteiger partial charge in [0.25, 0.3) is 0 Å². The van der Waals surface area contributed by atoms with Gasteiger partial charge in [-0.3, -0.25) is 0 Å². The fraction of sp³-hybridized carbons (Fsp3) is 0.143. The first-order valence-electron chi connectivity index (χ1n) is 5.97. The van der Waals surface area contributed by atoms with Gasteiger partial charge in [-0.05, 0) is 38.1 Å². The first-order chi connectivity index (χ1) is 9.49. The molecular formula is C14H11BrN2O3. The number of hydrogen-bond donors (Lipinski definition) is 1. The van der Waals surface area contributed by atoms with E-state index in [9.17, 15) is 9.90 Å². The fourth-order valence-electron chi connectivity index (χ4n) is 2.28. The number of carboxylic acid groups (broad SMARTS) is 1. The second-order valence-electron chi connectivity index (χ2n) is 4.49. The predicted molar refractivity (Wildman–Crippen MR) is 77.5 cm³/mol. The highest BCUT2D eigenvalue weighted by molar-refractivity contribution is 9.10. The van der Waals surface area contributed by atoms with Crippen molar-refractivity contribution in [3.63, 3.8) is 0 Å². The number of hydrogen-bond acceptors (Lipinski definition) is 3. The van der Waals surface area contributed by atoms with E-state index < -0.39 is 5.97 Å². The Hall–Kier alpha value is -2.08. The van der Waals surface area contributed by atoms with Crippen LogP contribution >= 0.6 is 15.9 Å². The van der Waals surface area contributed by atoms with Crippen molar-refractivity contribution in [1.29, 1.82) is 0 Å². The minimum atomic E-state index is -1.00. The molecule has 0 saturated carbocycles. The van der Waals surface area contributed by atoms with Crippen molar-refractivity contribution in [3.05, 3.63) is 45.8 Å². The quantitative estimate of drug-likeness (QED) is 0.775. The molecule has 20 heavy (non-hydrogen) atoms. The molecule has 3 aromatic rings. The number of halogens is 1. The Bertz CT molecular complexity index is 815. The maximum Gasteiger partial charge on any atom is 0.340 e. The standard InChI is InChI=1S/C14H11BrN2O3/c1-7-11-12(14(18)19)8(2)20-13(11)17(16-7)10-5-3-9(15)4-6-10/h3-6H,1-2H3,(H,18,19). The Morgan fingerprint density at radius 1 is 1.30 bits per heavy atom. The lowest BCUT2D eigenvalue weighted by atomic mass is 10.1. The summed E-state index contributed by atoms with van der Waals surface area (Å²) in [5, 5.41) is 14.2. The van der Waals surface area contributed by atoms with Crippen LogP contribution in [0.15, 0.2) is 33.2 Å². The van der Waals surface area contributed by atoms with Gasteiger partial charge in [-0.15, -0.1) is 0 Å². The Balaban J connectivity index is 2.31. The molecule has 1 aromatic carbocycles. The summed E-state index contributed by atoms with van der Waals surface area (Å²) in [6.07, 6.45) is 0. The molecule has 0 unspecified atom stereocenters. The SMILES string of the molecule is Cc1oc2c(c(C)nn2-c2ccc(Br)cc2)c1C(=O)O. The van der Waals surface area contributed by atoms with Gasteiger partial charge in [0.2, 0.25) is 5.71 Å². The second kappa shape index (κ2) is 4.49. The zero-order valence-electron chi connectivity index (χ0n) is 10.8. The van der Waals surface area contributed by atoms with Crippen molar-refractivity contribution in [3.8, 4) is 5.69 Å². The molecule has 1 N–H and O–H groups in total. The Kier molecular flexibility index (Phi) is 2.90. The first-order valence-corrected chi connectivity index (χ1v) is 6.76. The van der Waals surface area contributed by atoms with Gasteiger partial charge in [0.1, 0.15) is 11.3 Å². The number of aromatic nitrogens is 2. The van der Waals surface area contributed by atoms with Crippen LogP contribution in [0.2, 0.25) is 0 Å². The summed E-state index contributed by atoms with van der Waals surface area (Å²) in [7, 11) is 0. The van der Waals surface area contributed by atoms with E-state index in [0.717, 1.165) is 10.2 Å². The molecule has 0 aliphatic carbocycles. The predicted octanol–water partition coefficient (Wildman–Crippen LogP) is 3.70. The lowest BCUT2D eigenvalue weighted by Gasteiger charge is -2.01. The van der Waals surface area contributed by atoms with Crippen molar-refractivity contribution in [1.82, 2.24) is 9.78 Å². The van der Waals surface area contributed by atoms with E-state index in [1.54, 1.807) is 18.5 Å². The van der Waals surface area contributed by atoms with Crippen molar-refractivity contribution < 1.29 is 14.3 Å². The molecule has 0 aliphatic heterocycles. The highest BCUT2D eigenvalue weighted by Gasteiger charge is 2.24. The lowest BCUT2D eigenvalue weighted by Crippen LogP contribution is -1.97. The highest BCUT2D eigenvalue weighted by Crippen LogP contribution is 2.30. The maximum atomic E-state index is 11.3. The van der Waals surface area contributed by atoms with Gasteiger partial charge in [0.05, 0.1) is 16.8 Å². The third-order valence-electron chi connectivity index (χ3n) is 3.15. The number of furan rings is 1. The Labute approximate surface area is 122 Å². The van der Waals surface area contributed by atoms with Crippen LogP contribution in [0.25, 0.3) is 16.8 Å². The second-order valence-corrected chi connectivity index (χ2v) is 5.41. The fourth-order valence-corrected chi connectivity index (χ4v) is 2.54. The monoisotopic (exact) mass is 334 g/mol. The first kappa shape index (κ1) is 12.9. The third-order valence-corrected chi connectivity index (χ3v) is 3.68. The molecule has 0 radical (unpaired) electrons. The van der Waals surface area contributed by atoms with E-state index in [2.05, 4.69) is 21.0 Å². The van der Waals surface area contributed by atoms with Crippen molar-refractivity contribution >= 4 is 33.0 Å². The van der Waals surface area contributed by atoms with Gasteiger partial charge in [-0.1, -0.05) is 15.9 Å². The molecule has 2 aromatic heterocycles. The number of benzene rings is 1. The van der Waals surface area contributed by atoms with Crippen molar-refractivity contribution in [2.45, 2.75) is 13.8 Å². The molecule has 5 nitrogen and oxygen atoms in total. The van der Waals surface area contributed by atoms with Crippen molar-refractivity contribution in [2.24, 2.45) is 0 Å². The average Bonchev–Trinajstić information content (AvgIpc) is 2.88. The summed E-state index contributed by atoms with van der Waals surface area (Å²) in [6.45, 7) is 3.42.